The summed E-state index contributed by atoms with van der Waals surface area (Å²) in [4.78, 5) is 28.2. The maximum absolute atomic E-state index is 13.7. The van der Waals surface area contributed by atoms with Crippen LogP contribution in [0.15, 0.2) is 42.5 Å². The van der Waals surface area contributed by atoms with E-state index in [0.717, 1.165) is 16.1 Å². The van der Waals surface area contributed by atoms with Crippen molar-refractivity contribution in [3.8, 4) is 0 Å². The zero-order chi connectivity index (χ0) is 28.1. The van der Waals surface area contributed by atoms with Crippen LogP contribution >= 0.6 is 23.2 Å². The number of carbonyl (C=O) groups excluding carboxylic acids is 2. The van der Waals surface area contributed by atoms with Gasteiger partial charge in [-0.1, -0.05) is 69.1 Å². The highest BCUT2D eigenvalue weighted by molar-refractivity contribution is 7.92. The number of sulfonamides is 1. The van der Waals surface area contributed by atoms with Crippen LogP contribution in [-0.4, -0.2) is 50.0 Å². The molecule has 0 fully saturated rings. The minimum atomic E-state index is -3.81. The van der Waals surface area contributed by atoms with Crippen LogP contribution in [0.3, 0.4) is 0 Å². The number of rotatable bonds is 10. The lowest BCUT2D eigenvalue weighted by atomic mass is 9.87. The molecule has 0 radical (unpaired) electrons. The number of hydrogen-bond donors (Lipinski definition) is 1. The van der Waals surface area contributed by atoms with E-state index in [1.54, 1.807) is 37.3 Å². The summed E-state index contributed by atoms with van der Waals surface area (Å²) in [6.07, 6.45) is 1.40. The van der Waals surface area contributed by atoms with E-state index in [1.165, 1.54) is 4.90 Å². The number of benzene rings is 2. The van der Waals surface area contributed by atoms with Crippen molar-refractivity contribution in [2.24, 2.45) is 0 Å². The van der Waals surface area contributed by atoms with Crippen LogP contribution in [0.2, 0.25) is 10.0 Å². The maximum Gasteiger partial charge on any atom is 0.244 e. The molecule has 1 atom stereocenters. The fourth-order valence-corrected chi connectivity index (χ4v) is 5.05. The molecule has 0 saturated carbocycles. The molecule has 0 spiro atoms. The molecular formula is C27H37Cl2N3O4S. The summed E-state index contributed by atoms with van der Waals surface area (Å²) in [5.74, 6) is -0.825. The van der Waals surface area contributed by atoms with Crippen LogP contribution in [-0.2, 0) is 31.6 Å². The van der Waals surface area contributed by atoms with Crippen LogP contribution in [0.25, 0.3) is 0 Å². The summed E-state index contributed by atoms with van der Waals surface area (Å²) in [6, 6.07) is 11.1. The average molecular weight is 571 g/mol. The highest BCUT2D eigenvalue weighted by Gasteiger charge is 2.32. The maximum atomic E-state index is 13.7. The Kier molecular flexibility index (Phi) is 10.5. The second kappa shape index (κ2) is 12.5. The molecule has 2 aromatic carbocycles. The van der Waals surface area contributed by atoms with Gasteiger partial charge < -0.3 is 10.2 Å². The monoisotopic (exact) mass is 569 g/mol. The quantitative estimate of drug-likeness (QED) is 0.415. The average Bonchev–Trinajstić information content (AvgIpc) is 2.77. The van der Waals surface area contributed by atoms with Gasteiger partial charge in [0, 0.05) is 12.6 Å². The third kappa shape index (κ3) is 8.62. The van der Waals surface area contributed by atoms with E-state index in [0.29, 0.717) is 27.7 Å². The van der Waals surface area contributed by atoms with Crippen LogP contribution in [0.5, 0.6) is 0 Å². The Labute approximate surface area is 231 Å². The summed E-state index contributed by atoms with van der Waals surface area (Å²) in [5, 5.41) is 3.55. The highest BCUT2D eigenvalue weighted by Crippen LogP contribution is 2.27. The minimum absolute atomic E-state index is 0.0559. The van der Waals surface area contributed by atoms with Gasteiger partial charge in [0.1, 0.15) is 12.6 Å². The molecule has 2 amide bonds. The Morgan fingerprint density at radius 1 is 1.00 bits per heavy atom. The SMILES string of the molecule is CCC(C(=O)NC(C)C)N(Cc1ccc(Cl)c(Cl)c1)C(=O)CN(c1ccc(C(C)(C)C)cc1)S(C)(=O)=O. The summed E-state index contributed by atoms with van der Waals surface area (Å²) >= 11 is 12.2. The largest absolute Gasteiger partial charge is 0.352 e. The third-order valence-corrected chi connectivity index (χ3v) is 7.73. The molecule has 0 aromatic heterocycles. The van der Waals surface area contributed by atoms with Gasteiger partial charge in [0.25, 0.3) is 0 Å². The predicted molar refractivity (Wildman–Crippen MR) is 152 cm³/mol. The first-order valence-electron chi connectivity index (χ1n) is 12.2. The van der Waals surface area contributed by atoms with Crippen molar-refractivity contribution in [2.75, 3.05) is 17.1 Å². The summed E-state index contributed by atoms with van der Waals surface area (Å²) < 4.78 is 26.6. The molecule has 204 valence electrons. The molecule has 0 aliphatic rings. The lowest BCUT2D eigenvalue weighted by molar-refractivity contribution is -0.140. The fraction of sp³-hybridized carbons (Fsp3) is 0.481. The summed E-state index contributed by atoms with van der Waals surface area (Å²) in [6.45, 7) is 11.3. The number of nitrogens with zero attached hydrogens (tertiary/aromatic N) is 2. The van der Waals surface area contributed by atoms with E-state index in [2.05, 4.69) is 26.1 Å². The molecular weight excluding hydrogens is 533 g/mol. The van der Waals surface area contributed by atoms with Crippen molar-refractivity contribution in [2.45, 2.75) is 72.0 Å². The first-order valence-corrected chi connectivity index (χ1v) is 14.8. The van der Waals surface area contributed by atoms with E-state index < -0.39 is 28.5 Å². The van der Waals surface area contributed by atoms with Gasteiger partial charge in [0.2, 0.25) is 21.8 Å². The van der Waals surface area contributed by atoms with Gasteiger partial charge in [-0.15, -0.1) is 0 Å². The van der Waals surface area contributed by atoms with E-state index in [4.69, 9.17) is 23.2 Å². The fourth-order valence-electron chi connectivity index (χ4n) is 3.88. The standard InChI is InChI=1S/C27H37Cl2N3O4S/c1-8-24(26(34)30-18(2)3)31(16-19-9-14-22(28)23(29)15-19)25(33)17-32(37(7,35)36)21-12-10-20(11-13-21)27(4,5)6/h9-15,18,24H,8,16-17H2,1-7H3,(H,30,34). The van der Waals surface area contributed by atoms with E-state index in [1.807, 2.05) is 26.0 Å². The molecule has 37 heavy (non-hydrogen) atoms. The highest BCUT2D eigenvalue weighted by atomic mass is 35.5. The van der Waals surface area contributed by atoms with Crippen molar-refractivity contribution in [1.29, 1.82) is 0 Å². The number of halogens is 2. The lowest BCUT2D eigenvalue weighted by Gasteiger charge is -2.33. The Bertz CT molecular complexity index is 1210. The number of carbonyl (C=O) groups is 2. The molecule has 0 aliphatic heterocycles. The van der Waals surface area contributed by atoms with Crippen molar-refractivity contribution < 1.29 is 18.0 Å². The van der Waals surface area contributed by atoms with Gasteiger partial charge in [0.05, 0.1) is 22.0 Å². The van der Waals surface area contributed by atoms with Crippen LogP contribution in [0, 0.1) is 0 Å². The van der Waals surface area contributed by atoms with Crippen molar-refractivity contribution in [1.82, 2.24) is 10.2 Å². The molecule has 1 unspecified atom stereocenters. The normalized spacial score (nSPS) is 12.8. The Balaban J connectivity index is 2.47. The lowest BCUT2D eigenvalue weighted by Crippen LogP contribution is -2.53. The van der Waals surface area contributed by atoms with Crippen LogP contribution in [0.1, 0.15) is 59.1 Å². The zero-order valence-electron chi connectivity index (χ0n) is 22.5. The smallest absolute Gasteiger partial charge is 0.244 e. The third-order valence-electron chi connectivity index (χ3n) is 5.85. The Morgan fingerprint density at radius 3 is 2.05 bits per heavy atom. The molecule has 10 heteroatoms. The predicted octanol–water partition coefficient (Wildman–Crippen LogP) is 5.39. The topological polar surface area (TPSA) is 86.8 Å². The first kappa shape index (κ1) is 30.9. The van der Waals surface area contributed by atoms with Crippen molar-refractivity contribution >= 4 is 50.7 Å². The molecule has 0 aliphatic carbocycles. The summed E-state index contributed by atoms with van der Waals surface area (Å²) in [7, 11) is -3.81. The second-order valence-corrected chi connectivity index (χ2v) is 13.1. The first-order chi connectivity index (χ1) is 17.0. The van der Waals surface area contributed by atoms with Crippen LogP contribution in [0.4, 0.5) is 5.69 Å². The van der Waals surface area contributed by atoms with Crippen molar-refractivity contribution in [3.63, 3.8) is 0 Å². The van der Waals surface area contributed by atoms with Gasteiger partial charge >= 0.3 is 0 Å². The molecule has 0 bridgehead atoms. The van der Waals surface area contributed by atoms with Gasteiger partial charge in [0.15, 0.2) is 0 Å². The molecule has 0 heterocycles. The number of amides is 2. The van der Waals surface area contributed by atoms with E-state index in [-0.39, 0.29) is 23.9 Å². The molecule has 1 N–H and O–H groups in total. The minimum Gasteiger partial charge on any atom is -0.352 e. The van der Waals surface area contributed by atoms with Gasteiger partial charge in [-0.2, -0.15) is 0 Å². The van der Waals surface area contributed by atoms with Gasteiger partial charge in [-0.25, -0.2) is 8.42 Å². The molecule has 0 saturated heterocycles. The molecule has 2 rings (SSSR count). The Hall–Kier alpha value is -2.29. The zero-order valence-corrected chi connectivity index (χ0v) is 24.8. The molecule has 7 nitrogen and oxygen atoms in total. The van der Waals surface area contributed by atoms with Gasteiger partial charge in [-0.05, 0) is 61.1 Å². The van der Waals surface area contributed by atoms with Crippen LogP contribution < -0.4 is 9.62 Å². The number of hydrogen-bond acceptors (Lipinski definition) is 4. The summed E-state index contributed by atoms with van der Waals surface area (Å²) in [5.41, 5.74) is 1.96. The van der Waals surface area contributed by atoms with E-state index >= 15 is 0 Å². The van der Waals surface area contributed by atoms with E-state index in [9.17, 15) is 18.0 Å². The number of nitrogens with one attached hydrogen (secondary N) is 1. The number of anilines is 1. The second-order valence-electron chi connectivity index (χ2n) is 10.4. The molecule has 2 aromatic rings. The Morgan fingerprint density at radius 2 is 1.59 bits per heavy atom. The van der Waals surface area contributed by atoms with Crippen molar-refractivity contribution in [3.05, 3.63) is 63.6 Å². The van der Waals surface area contributed by atoms with Gasteiger partial charge in [-0.3, -0.25) is 13.9 Å².